The van der Waals surface area contributed by atoms with Gasteiger partial charge in [0.05, 0.1) is 0 Å². The molecule has 2 heterocycles. The Morgan fingerprint density at radius 2 is 1.06 bits per heavy atom. The molecule has 0 atom stereocenters. The minimum atomic E-state index is -4.66. The third kappa shape index (κ3) is 3.92. The van der Waals surface area contributed by atoms with Gasteiger partial charge >= 0.3 is 109 Å². The average Bonchev–Trinajstić information content (AvgIpc) is 1.94. The third-order valence-corrected chi connectivity index (χ3v) is 18.4. The summed E-state index contributed by atoms with van der Waals surface area (Å²) in [5, 5.41) is 0. The summed E-state index contributed by atoms with van der Waals surface area (Å²) in [7, 11) is -13.0. The van der Waals surface area contributed by atoms with Gasteiger partial charge < -0.3 is 0 Å². The quantitative estimate of drug-likeness (QED) is 0.415. The predicted molar refractivity (Wildman–Crippen MR) is 44.8 cm³/mol. The van der Waals surface area contributed by atoms with Crippen LogP contribution in [0.2, 0.25) is 0 Å². The van der Waals surface area contributed by atoms with Crippen LogP contribution in [0.1, 0.15) is 0 Å². The van der Waals surface area contributed by atoms with Crippen LogP contribution in [0.25, 0.3) is 0 Å². The maximum absolute atomic E-state index is 11.0. The molecule has 0 bridgehead atoms. The van der Waals surface area contributed by atoms with Crippen LogP contribution in [-0.4, -0.2) is 59.9 Å². The van der Waals surface area contributed by atoms with E-state index in [1.165, 1.54) is 0 Å². The van der Waals surface area contributed by atoms with Crippen molar-refractivity contribution < 1.29 is 43.1 Å². The van der Waals surface area contributed by atoms with Gasteiger partial charge in [-0.1, -0.05) is 0 Å². The molecule has 0 aromatic rings. The van der Waals surface area contributed by atoms with Crippen molar-refractivity contribution in [1.82, 2.24) is 0 Å². The first-order chi connectivity index (χ1) is 7.57. The summed E-state index contributed by atoms with van der Waals surface area (Å²) in [4.78, 5) is 0. The first-order valence-corrected chi connectivity index (χ1v) is 13.3. The molecular formula is Ga2O12S3. The topological polar surface area (TPSA) is 158 Å². The van der Waals surface area contributed by atoms with Crippen LogP contribution in [0.3, 0.4) is 0 Å². The molecule has 0 aliphatic carbocycles. The zero-order valence-corrected chi connectivity index (χ0v) is 14.6. The summed E-state index contributed by atoms with van der Waals surface area (Å²) >= 11 is -7.67. The van der Waals surface area contributed by atoms with Crippen LogP contribution in [0.4, 0.5) is 0 Å². The predicted octanol–water partition coefficient (Wildman–Crippen LogP) is -3.18. The summed E-state index contributed by atoms with van der Waals surface area (Å²) < 4.78 is 87.5. The van der Waals surface area contributed by atoms with Crippen molar-refractivity contribution in [2.24, 2.45) is 0 Å². The van der Waals surface area contributed by atoms with Crippen molar-refractivity contribution in [2.45, 2.75) is 0 Å². The molecule has 0 unspecified atom stereocenters. The van der Waals surface area contributed by atoms with E-state index in [4.69, 9.17) is 0 Å². The fraction of sp³-hybridized carbons (Fsp3) is 0. The summed E-state index contributed by atoms with van der Waals surface area (Å²) in [6.07, 6.45) is 0. The molecule has 2 aliphatic heterocycles. The van der Waals surface area contributed by atoms with Crippen molar-refractivity contribution in [1.29, 1.82) is 0 Å². The second-order valence-corrected chi connectivity index (χ2v) is 15.7. The Morgan fingerprint density at radius 3 is 1.29 bits per heavy atom. The molecule has 17 heteroatoms. The molecule has 17 heavy (non-hydrogen) atoms. The van der Waals surface area contributed by atoms with E-state index in [9.17, 15) is 25.3 Å². The molecule has 96 valence electrons. The molecule has 0 spiro atoms. The van der Waals surface area contributed by atoms with E-state index in [1.54, 1.807) is 0 Å². The minimum absolute atomic E-state index is 3.83. The number of hydrogen-bond donors (Lipinski definition) is 0. The molecule has 12 nitrogen and oxygen atoms in total. The van der Waals surface area contributed by atoms with Crippen LogP contribution in [0, 0.1) is 0 Å². The SMILES string of the molecule is O=S1(=O)[O][Ga]([O]S(=O)(=O)[O][Ga]2[O]S(=O)(=O)[O]2)[O]1. The Kier molecular flexibility index (Phi) is 3.75. The Hall–Kier alpha value is 0.883. The van der Waals surface area contributed by atoms with E-state index in [2.05, 4.69) is 17.9 Å². The van der Waals surface area contributed by atoms with Crippen molar-refractivity contribution in [3.05, 3.63) is 0 Å². The van der Waals surface area contributed by atoms with E-state index in [-0.39, 0.29) is 0 Å². The number of rotatable bonds is 4. The summed E-state index contributed by atoms with van der Waals surface area (Å²) in [5.41, 5.74) is 0. The van der Waals surface area contributed by atoms with Crippen molar-refractivity contribution >= 4 is 65.8 Å². The fourth-order valence-electron chi connectivity index (χ4n) is 0.679. The zero-order valence-electron chi connectivity index (χ0n) is 7.28. The van der Waals surface area contributed by atoms with Gasteiger partial charge in [-0.25, -0.2) is 0 Å². The van der Waals surface area contributed by atoms with Gasteiger partial charge in [0.15, 0.2) is 0 Å². The van der Waals surface area contributed by atoms with Crippen LogP contribution in [-0.2, 0) is 49.0 Å². The second-order valence-electron chi connectivity index (χ2n) is 2.38. The van der Waals surface area contributed by atoms with Crippen molar-refractivity contribution in [2.75, 3.05) is 0 Å². The molecule has 0 aromatic carbocycles. The molecule has 0 aromatic heterocycles. The molecule has 0 amide bonds. The molecule has 0 N–H and O–H groups in total. The van der Waals surface area contributed by atoms with Gasteiger partial charge in [0.25, 0.3) is 0 Å². The summed E-state index contributed by atoms with van der Waals surface area (Å²) in [6.45, 7) is 0. The van der Waals surface area contributed by atoms with Gasteiger partial charge in [-0.2, -0.15) is 0 Å². The van der Waals surface area contributed by atoms with E-state index in [0.29, 0.717) is 0 Å². The van der Waals surface area contributed by atoms with Gasteiger partial charge in [-0.3, -0.25) is 0 Å². The normalized spacial score (nSPS) is 26.1. The summed E-state index contributed by atoms with van der Waals surface area (Å²) in [6, 6.07) is 0. The van der Waals surface area contributed by atoms with Gasteiger partial charge in [-0.05, 0) is 0 Å². The monoisotopic (exact) mass is 426 g/mol. The maximum atomic E-state index is 11.0. The Balaban J connectivity index is 1.84. The second kappa shape index (κ2) is 4.47. The molecule has 2 rings (SSSR count). The molecule has 2 aliphatic rings. The Labute approximate surface area is 108 Å². The van der Waals surface area contributed by atoms with E-state index in [1.807, 2.05) is 0 Å². The Morgan fingerprint density at radius 1 is 0.765 bits per heavy atom. The third-order valence-electron chi connectivity index (χ3n) is 1.18. The van der Waals surface area contributed by atoms with Gasteiger partial charge in [0.1, 0.15) is 0 Å². The number of hydrogen-bond acceptors (Lipinski definition) is 12. The van der Waals surface area contributed by atoms with Gasteiger partial charge in [0.2, 0.25) is 0 Å². The molecule has 0 saturated carbocycles. The standard InChI is InChI=1S/2Ga.3H2O4S/c;;3*1-5(2,3)4/h;;3*(H2,1,2,3,4)/q2*+3;;;/p-6. The van der Waals surface area contributed by atoms with Gasteiger partial charge in [-0.15, -0.1) is 0 Å². The summed E-state index contributed by atoms with van der Waals surface area (Å²) in [5.74, 6) is 0. The molecular weight excluding hydrogens is 428 g/mol. The van der Waals surface area contributed by atoms with Crippen LogP contribution in [0.15, 0.2) is 0 Å². The average molecular weight is 428 g/mol. The van der Waals surface area contributed by atoms with Crippen molar-refractivity contribution in [3.8, 4) is 0 Å². The molecule has 2 saturated heterocycles. The molecule has 0 radical (unpaired) electrons. The first kappa shape index (κ1) is 14.3. The van der Waals surface area contributed by atoms with E-state index >= 15 is 0 Å². The van der Waals surface area contributed by atoms with E-state index < -0.39 is 65.8 Å². The van der Waals surface area contributed by atoms with Crippen LogP contribution >= 0.6 is 0 Å². The van der Waals surface area contributed by atoms with Crippen LogP contribution < -0.4 is 0 Å². The van der Waals surface area contributed by atoms with Gasteiger partial charge in [0, 0.05) is 0 Å². The molecule has 2 fully saturated rings. The van der Waals surface area contributed by atoms with E-state index in [0.717, 1.165) is 0 Å². The Bertz CT molecular complexity index is 533. The van der Waals surface area contributed by atoms with Crippen LogP contribution in [0.5, 0.6) is 0 Å². The zero-order chi connectivity index (χ0) is 12.9. The first-order valence-electron chi connectivity index (χ1n) is 3.41. The fourth-order valence-corrected chi connectivity index (χ4v) is 14.1. The van der Waals surface area contributed by atoms with Crippen molar-refractivity contribution in [3.63, 3.8) is 0 Å².